The van der Waals surface area contributed by atoms with Crippen LogP contribution in [0.1, 0.15) is 39.5 Å². The summed E-state index contributed by atoms with van der Waals surface area (Å²) in [6.07, 6.45) is 2.84. The summed E-state index contributed by atoms with van der Waals surface area (Å²) in [4.78, 5) is 42.7. The fraction of sp³-hybridized carbons (Fsp3) is 0.400. The summed E-state index contributed by atoms with van der Waals surface area (Å²) in [5, 5.41) is -0.447. The van der Waals surface area contributed by atoms with Crippen molar-refractivity contribution in [1.29, 1.82) is 0 Å². The van der Waals surface area contributed by atoms with E-state index in [-0.39, 0.29) is 11.7 Å². The van der Waals surface area contributed by atoms with Crippen molar-refractivity contribution in [2.45, 2.75) is 49.1 Å². The molecule has 1 aliphatic carbocycles. The van der Waals surface area contributed by atoms with Gasteiger partial charge in [0.1, 0.15) is 11.1 Å². The Balaban J connectivity index is 1.64. The van der Waals surface area contributed by atoms with Crippen LogP contribution >= 0.6 is 23.1 Å². The second kappa shape index (κ2) is 7.87. The third-order valence-electron chi connectivity index (χ3n) is 4.96. The molecule has 1 unspecified atom stereocenters. The van der Waals surface area contributed by atoms with Crippen LogP contribution in [0.5, 0.6) is 0 Å². The molecule has 0 saturated carbocycles. The molecule has 0 bridgehead atoms. The van der Waals surface area contributed by atoms with E-state index in [1.807, 2.05) is 0 Å². The topological polar surface area (TPSA) is 76.6 Å². The smallest absolute Gasteiger partial charge is 0.319 e. The normalized spacial score (nSPS) is 17.8. The SMILES string of the molecule is CCOC(=O)C(C)Sc1nc2cc(N3C(=O)C4=C(CCCC4)C3=O)c(F)cc2s1. The first kappa shape index (κ1) is 20.0. The molecule has 0 radical (unpaired) electrons. The summed E-state index contributed by atoms with van der Waals surface area (Å²) in [5.74, 6) is -1.83. The summed E-state index contributed by atoms with van der Waals surface area (Å²) < 4.78 is 21.0. The van der Waals surface area contributed by atoms with Gasteiger partial charge in [0.25, 0.3) is 11.8 Å². The van der Waals surface area contributed by atoms with Crippen molar-refractivity contribution < 1.29 is 23.5 Å². The number of thiazole rings is 1. The monoisotopic (exact) mass is 434 g/mol. The average molecular weight is 435 g/mol. The lowest BCUT2D eigenvalue weighted by atomic mass is 9.93. The lowest BCUT2D eigenvalue weighted by Crippen LogP contribution is -2.32. The second-order valence-corrected chi connectivity index (χ2v) is 9.49. The van der Waals surface area contributed by atoms with Gasteiger partial charge in [-0.2, -0.15) is 0 Å². The van der Waals surface area contributed by atoms with Crippen LogP contribution in [0, 0.1) is 5.82 Å². The van der Waals surface area contributed by atoms with Crippen molar-refractivity contribution in [3.05, 3.63) is 29.1 Å². The van der Waals surface area contributed by atoms with Crippen LogP contribution in [0.2, 0.25) is 0 Å². The van der Waals surface area contributed by atoms with Gasteiger partial charge in [-0.3, -0.25) is 14.4 Å². The zero-order valence-corrected chi connectivity index (χ0v) is 17.6. The van der Waals surface area contributed by atoms with E-state index in [2.05, 4.69) is 4.98 Å². The molecule has 1 aliphatic heterocycles. The Labute approximate surface area is 175 Å². The first-order chi connectivity index (χ1) is 13.9. The van der Waals surface area contributed by atoms with Gasteiger partial charge in [0.2, 0.25) is 0 Å². The summed E-state index contributed by atoms with van der Waals surface area (Å²) in [5.41, 5.74) is 1.44. The quantitative estimate of drug-likeness (QED) is 0.398. The predicted octanol–water partition coefficient (Wildman–Crippen LogP) is 4.22. The zero-order chi connectivity index (χ0) is 20.7. The van der Waals surface area contributed by atoms with Crippen LogP contribution in [0.25, 0.3) is 10.2 Å². The van der Waals surface area contributed by atoms with E-state index < -0.39 is 22.9 Å². The van der Waals surface area contributed by atoms with Crippen molar-refractivity contribution in [3.63, 3.8) is 0 Å². The molecular weight excluding hydrogens is 415 g/mol. The number of halogens is 1. The van der Waals surface area contributed by atoms with Crippen LogP contribution in [-0.4, -0.2) is 34.6 Å². The van der Waals surface area contributed by atoms with Gasteiger partial charge in [0.15, 0.2) is 4.34 Å². The number of esters is 1. The molecule has 1 aromatic heterocycles. The largest absolute Gasteiger partial charge is 0.465 e. The fourth-order valence-electron chi connectivity index (χ4n) is 3.56. The number of benzene rings is 1. The molecule has 2 aliphatic rings. The van der Waals surface area contributed by atoms with Gasteiger partial charge in [-0.25, -0.2) is 14.3 Å². The first-order valence-electron chi connectivity index (χ1n) is 9.45. The zero-order valence-electron chi connectivity index (χ0n) is 16.0. The van der Waals surface area contributed by atoms with Crippen LogP contribution < -0.4 is 4.90 Å². The molecule has 2 aromatic rings. The number of carbonyl (C=O) groups excluding carboxylic acids is 3. The van der Waals surface area contributed by atoms with Gasteiger partial charge in [-0.15, -0.1) is 11.3 Å². The fourth-order valence-corrected chi connectivity index (χ4v) is 5.77. The highest BCUT2D eigenvalue weighted by Gasteiger charge is 2.41. The Morgan fingerprint density at radius 2 is 1.93 bits per heavy atom. The molecule has 4 rings (SSSR count). The number of ether oxygens (including phenoxy) is 1. The van der Waals surface area contributed by atoms with Crippen LogP contribution in [0.15, 0.2) is 27.6 Å². The van der Waals surface area contributed by atoms with Gasteiger partial charge in [0.05, 0.1) is 22.5 Å². The molecule has 2 heterocycles. The number of rotatable bonds is 5. The maximum absolute atomic E-state index is 14.8. The van der Waals surface area contributed by atoms with Gasteiger partial charge >= 0.3 is 5.97 Å². The van der Waals surface area contributed by atoms with Crippen molar-refractivity contribution in [2.75, 3.05) is 11.5 Å². The molecule has 0 fully saturated rings. The standard InChI is InChI=1S/C20H19FN2O4S2/c1-3-27-19(26)10(2)28-20-22-14-9-15(13(21)8-16(14)29-20)23-17(24)11-6-4-5-7-12(11)18(23)25/h8-10H,3-7H2,1-2H3. The highest BCUT2D eigenvalue weighted by Crippen LogP contribution is 2.39. The van der Waals surface area contributed by atoms with E-state index in [0.717, 1.165) is 17.7 Å². The van der Waals surface area contributed by atoms with E-state index >= 15 is 0 Å². The molecule has 1 atom stereocenters. The number of hydrogen-bond acceptors (Lipinski definition) is 7. The predicted molar refractivity (Wildman–Crippen MR) is 110 cm³/mol. The third kappa shape index (κ3) is 3.57. The Bertz CT molecular complexity index is 1030. The lowest BCUT2D eigenvalue weighted by molar-refractivity contribution is -0.142. The lowest BCUT2D eigenvalue weighted by Gasteiger charge is -2.15. The molecule has 152 valence electrons. The molecule has 6 nitrogen and oxygen atoms in total. The highest BCUT2D eigenvalue weighted by molar-refractivity contribution is 8.02. The van der Waals surface area contributed by atoms with E-state index in [1.54, 1.807) is 13.8 Å². The first-order valence-corrected chi connectivity index (χ1v) is 11.1. The number of anilines is 1. The molecular formula is C20H19FN2O4S2. The Hall–Kier alpha value is -2.26. The number of carbonyl (C=O) groups is 3. The van der Waals surface area contributed by atoms with Crippen LogP contribution in [0.3, 0.4) is 0 Å². The van der Waals surface area contributed by atoms with E-state index in [9.17, 15) is 18.8 Å². The van der Waals surface area contributed by atoms with E-state index in [0.29, 0.717) is 45.2 Å². The number of imide groups is 1. The minimum absolute atomic E-state index is 0.0674. The molecule has 0 N–H and O–H groups in total. The van der Waals surface area contributed by atoms with Gasteiger partial charge < -0.3 is 4.74 Å². The Kier molecular flexibility index (Phi) is 5.44. The summed E-state index contributed by atoms with van der Waals surface area (Å²) in [7, 11) is 0. The number of hydrogen-bond donors (Lipinski definition) is 0. The van der Waals surface area contributed by atoms with Crippen LogP contribution in [-0.2, 0) is 19.1 Å². The third-order valence-corrected chi connectivity index (χ3v) is 7.16. The number of thioether (sulfide) groups is 1. The summed E-state index contributed by atoms with van der Waals surface area (Å²) in [6, 6.07) is 2.73. The van der Waals surface area contributed by atoms with Gasteiger partial charge in [-0.05, 0) is 51.7 Å². The second-order valence-electron chi connectivity index (χ2n) is 6.87. The van der Waals surface area contributed by atoms with Gasteiger partial charge in [0, 0.05) is 11.1 Å². The molecule has 0 spiro atoms. The van der Waals surface area contributed by atoms with Crippen molar-refractivity contribution in [1.82, 2.24) is 4.98 Å². The number of aromatic nitrogens is 1. The highest BCUT2D eigenvalue weighted by atomic mass is 32.2. The maximum atomic E-state index is 14.8. The van der Waals surface area contributed by atoms with E-state index in [4.69, 9.17) is 4.74 Å². The molecule has 1 aromatic carbocycles. The minimum atomic E-state index is -0.641. The number of nitrogens with zero attached hydrogens (tertiary/aromatic N) is 2. The van der Waals surface area contributed by atoms with Crippen molar-refractivity contribution >= 4 is 56.8 Å². The molecule has 0 saturated heterocycles. The maximum Gasteiger partial charge on any atom is 0.319 e. The molecule has 2 amide bonds. The number of fused-ring (bicyclic) bond motifs is 1. The average Bonchev–Trinajstić information content (AvgIpc) is 3.19. The minimum Gasteiger partial charge on any atom is -0.465 e. The Morgan fingerprint density at radius 1 is 1.28 bits per heavy atom. The van der Waals surface area contributed by atoms with E-state index in [1.165, 1.54) is 35.2 Å². The van der Waals surface area contributed by atoms with Gasteiger partial charge in [-0.1, -0.05) is 11.8 Å². The van der Waals surface area contributed by atoms with Crippen LogP contribution in [0.4, 0.5) is 10.1 Å². The molecule has 9 heteroatoms. The summed E-state index contributed by atoms with van der Waals surface area (Å²) in [6.45, 7) is 3.76. The van der Waals surface area contributed by atoms with Crippen molar-refractivity contribution in [3.8, 4) is 0 Å². The van der Waals surface area contributed by atoms with Crippen molar-refractivity contribution in [2.24, 2.45) is 0 Å². The Morgan fingerprint density at radius 3 is 2.55 bits per heavy atom. The summed E-state index contributed by atoms with van der Waals surface area (Å²) >= 11 is 2.49. The number of amides is 2. The molecule has 29 heavy (non-hydrogen) atoms.